The number of esters is 1. The van der Waals surface area contributed by atoms with Crippen LogP contribution in [0.1, 0.15) is 142 Å². The van der Waals surface area contributed by atoms with Gasteiger partial charge in [0.2, 0.25) is 0 Å². The summed E-state index contributed by atoms with van der Waals surface area (Å²) in [4.78, 5) is 12.8. The first-order chi connectivity index (χ1) is 14.7. The van der Waals surface area contributed by atoms with Gasteiger partial charge in [-0.2, -0.15) is 0 Å². The Labute approximate surface area is 187 Å². The second-order valence-electron chi connectivity index (χ2n) is 11.3. The average molecular weight is 419 g/mol. The number of ether oxygens (including phenoxy) is 1. The molecule has 4 rings (SSSR count). The van der Waals surface area contributed by atoms with Gasteiger partial charge in [-0.1, -0.05) is 96.8 Å². The molecule has 4 aliphatic rings. The molecule has 2 heteroatoms. The number of carbonyl (C=O) groups is 1. The number of hydrogen-bond acceptors (Lipinski definition) is 2. The van der Waals surface area contributed by atoms with E-state index in [0.29, 0.717) is 6.61 Å². The van der Waals surface area contributed by atoms with Gasteiger partial charge in [0.25, 0.3) is 0 Å². The van der Waals surface area contributed by atoms with Gasteiger partial charge in [-0.3, -0.25) is 4.79 Å². The Morgan fingerprint density at radius 1 is 0.633 bits per heavy atom. The van der Waals surface area contributed by atoms with E-state index in [1.165, 1.54) is 109 Å². The van der Waals surface area contributed by atoms with E-state index < -0.39 is 0 Å². The molecular formula is C28H50O2. The van der Waals surface area contributed by atoms with E-state index in [1.807, 2.05) is 0 Å². The number of hydrogen-bond donors (Lipinski definition) is 0. The molecule has 4 bridgehead atoms. The lowest BCUT2D eigenvalue weighted by Gasteiger charge is -2.55. The van der Waals surface area contributed by atoms with Crippen LogP contribution in [0.4, 0.5) is 0 Å². The molecule has 174 valence electrons. The minimum atomic E-state index is -0.0652. The summed E-state index contributed by atoms with van der Waals surface area (Å²) in [5, 5.41) is 0. The fourth-order valence-corrected chi connectivity index (χ4v) is 7.15. The van der Waals surface area contributed by atoms with E-state index in [9.17, 15) is 4.79 Å². The monoisotopic (exact) mass is 418 g/mol. The van der Waals surface area contributed by atoms with Crippen molar-refractivity contribution in [1.29, 1.82) is 0 Å². The minimum Gasteiger partial charge on any atom is -0.465 e. The maximum absolute atomic E-state index is 12.8. The highest BCUT2D eigenvalue weighted by atomic mass is 16.5. The first-order valence-corrected chi connectivity index (χ1v) is 13.9. The van der Waals surface area contributed by atoms with Crippen LogP contribution in [0.2, 0.25) is 0 Å². The van der Waals surface area contributed by atoms with Crippen molar-refractivity contribution in [3.63, 3.8) is 0 Å². The van der Waals surface area contributed by atoms with Crippen molar-refractivity contribution in [3.05, 3.63) is 0 Å². The molecule has 0 amide bonds. The van der Waals surface area contributed by atoms with Crippen molar-refractivity contribution in [1.82, 2.24) is 0 Å². The molecule has 0 saturated heterocycles. The number of carbonyl (C=O) groups excluding carboxylic acids is 1. The molecular weight excluding hydrogens is 368 g/mol. The quantitative estimate of drug-likeness (QED) is 0.174. The van der Waals surface area contributed by atoms with E-state index in [0.717, 1.165) is 43.4 Å². The Bertz CT molecular complexity index is 448. The van der Waals surface area contributed by atoms with Crippen molar-refractivity contribution in [2.75, 3.05) is 6.61 Å². The summed E-state index contributed by atoms with van der Waals surface area (Å²) in [5.74, 6) is 2.66. The molecule has 0 aliphatic heterocycles. The highest BCUT2D eigenvalue weighted by Gasteiger charge is 2.55. The Balaban J connectivity index is 1.09. The predicted octanol–water partition coefficient (Wildman–Crippen LogP) is 8.62. The molecule has 4 saturated carbocycles. The van der Waals surface area contributed by atoms with Crippen molar-refractivity contribution >= 4 is 5.97 Å². The average Bonchev–Trinajstić information content (AvgIpc) is 2.72. The first kappa shape index (κ1) is 24.1. The van der Waals surface area contributed by atoms with Crippen LogP contribution in [0.5, 0.6) is 0 Å². The summed E-state index contributed by atoms with van der Waals surface area (Å²) in [6.07, 6.45) is 28.2. The third-order valence-corrected chi connectivity index (χ3v) is 8.45. The molecule has 4 aliphatic carbocycles. The Morgan fingerprint density at radius 3 is 1.40 bits per heavy atom. The molecule has 0 unspecified atom stereocenters. The topological polar surface area (TPSA) is 26.3 Å². The Kier molecular flexibility index (Phi) is 10.5. The molecule has 0 aromatic heterocycles. The summed E-state index contributed by atoms with van der Waals surface area (Å²) < 4.78 is 5.80. The SMILES string of the molecule is CCCCCCCCCCCCCCCCCOC(=O)C12CC3CC(CC(C3)C1)C2. The van der Waals surface area contributed by atoms with Gasteiger partial charge in [0.05, 0.1) is 12.0 Å². The van der Waals surface area contributed by atoms with Crippen LogP contribution < -0.4 is 0 Å². The largest absolute Gasteiger partial charge is 0.465 e. The molecule has 0 atom stereocenters. The molecule has 0 spiro atoms. The van der Waals surface area contributed by atoms with E-state index >= 15 is 0 Å². The Hall–Kier alpha value is -0.530. The molecule has 2 nitrogen and oxygen atoms in total. The normalized spacial score (nSPS) is 29.4. The first-order valence-electron chi connectivity index (χ1n) is 13.9. The number of rotatable bonds is 17. The second-order valence-corrected chi connectivity index (χ2v) is 11.3. The van der Waals surface area contributed by atoms with Crippen LogP contribution in [-0.2, 0) is 9.53 Å². The molecule has 0 heterocycles. The van der Waals surface area contributed by atoms with Crippen LogP contribution in [-0.4, -0.2) is 12.6 Å². The van der Waals surface area contributed by atoms with Crippen LogP contribution in [0.25, 0.3) is 0 Å². The van der Waals surface area contributed by atoms with Crippen LogP contribution in [0.3, 0.4) is 0 Å². The standard InChI is InChI=1S/C28H50O2/c1-2-3-4-5-6-7-8-9-10-11-12-13-14-15-16-17-30-27(29)28-21-24-18-25(22-28)20-26(19-24)23-28/h24-26H,2-23H2,1H3. The maximum Gasteiger partial charge on any atom is 0.312 e. The smallest absolute Gasteiger partial charge is 0.312 e. The molecule has 0 N–H and O–H groups in total. The van der Waals surface area contributed by atoms with Gasteiger partial charge in [-0.15, -0.1) is 0 Å². The predicted molar refractivity (Wildman–Crippen MR) is 126 cm³/mol. The van der Waals surface area contributed by atoms with E-state index in [1.54, 1.807) is 0 Å². The summed E-state index contributed by atoms with van der Waals surface area (Å²) in [5.41, 5.74) is -0.0652. The van der Waals surface area contributed by atoms with Gasteiger partial charge in [0, 0.05) is 0 Å². The van der Waals surface area contributed by atoms with Crippen LogP contribution in [0, 0.1) is 23.2 Å². The third kappa shape index (κ3) is 7.56. The van der Waals surface area contributed by atoms with Crippen LogP contribution in [0.15, 0.2) is 0 Å². The van der Waals surface area contributed by atoms with Crippen LogP contribution >= 0.6 is 0 Å². The van der Waals surface area contributed by atoms with Gasteiger partial charge in [0.1, 0.15) is 0 Å². The zero-order valence-electron chi connectivity index (χ0n) is 20.1. The fourth-order valence-electron chi connectivity index (χ4n) is 7.15. The zero-order valence-corrected chi connectivity index (χ0v) is 20.1. The molecule has 4 fully saturated rings. The van der Waals surface area contributed by atoms with E-state index in [4.69, 9.17) is 4.74 Å². The maximum atomic E-state index is 12.8. The van der Waals surface area contributed by atoms with Gasteiger partial charge in [-0.25, -0.2) is 0 Å². The van der Waals surface area contributed by atoms with Crippen molar-refractivity contribution in [2.24, 2.45) is 23.2 Å². The summed E-state index contributed by atoms with van der Waals surface area (Å²) in [7, 11) is 0. The van der Waals surface area contributed by atoms with E-state index in [-0.39, 0.29) is 11.4 Å². The lowest BCUT2D eigenvalue weighted by atomic mass is 9.49. The summed E-state index contributed by atoms with van der Waals surface area (Å²) in [6, 6.07) is 0. The van der Waals surface area contributed by atoms with Gasteiger partial charge < -0.3 is 4.74 Å². The molecule has 0 aromatic rings. The van der Waals surface area contributed by atoms with E-state index in [2.05, 4.69) is 6.92 Å². The van der Waals surface area contributed by atoms with Crippen molar-refractivity contribution < 1.29 is 9.53 Å². The molecule has 30 heavy (non-hydrogen) atoms. The lowest BCUT2D eigenvalue weighted by molar-refractivity contribution is -0.171. The fraction of sp³-hybridized carbons (Fsp3) is 0.964. The Morgan fingerprint density at radius 2 is 1.00 bits per heavy atom. The summed E-state index contributed by atoms with van der Waals surface area (Å²) in [6.45, 7) is 2.96. The van der Waals surface area contributed by atoms with Gasteiger partial charge in [0.15, 0.2) is 0 Å². The van der Waals surface area contributed by atoms with Gasteiger partial charge >= 0.3 is 5.97 Å². The highest BCUT2D eigenvalue weighted by Crippen LogP contribution is 2.60. The lowest BCUT2D eigenvalue weighted by Crippen LogP contribution is -2.50. The third-order valence-electron chi connectivity index (χ3n) is 8.45. The second kappa shape index (κ2) is 13.1. The zero-order chi connectivity index (χ0) is 21.1. The van der Waals surface area contributed by atoms with Crippen molar-refractivity contribution in [2.45, 2.75) is 142 Å². The summed E-state index contributed by atoms with van der Waals surface area (Å²) >= 11 is 0. The molecule has 0 aromatic carbocycles. The molecule has 0 radical (unpaired) electrons. The van der Waals surface area contributed by atoms with Gasteiger partial charge in [-0.05, 0) is 62.7 Å². The number of unbranched alkanes of at least 4 members (excludes halogenated alkanes) is 14. The minimum absolute atomic E-state index is 0.0652. The highest BCUT2D eigenvalue weighted by molar-refractivity contribution is 5.77. The van der Waals surface area contributed by atoms with Crippen molar-refractivity contribution in [3.8, 4) is 0 Å².